The van der Waals surface area contributed by atoms with Crippen LogP contribution in [0.25, 0.3) is 11.1 Å². The lowest BCUT2D eigenvalue weighted by molar-refractivity contribution is -0.151. The Morgan fingerprint density at radius 1 is 0.939 bits per heavy atom. The van der Waals surface area contributed by atoms with E-state index >= 15 is 0 Å². The molecule has 0 saturated heterocycles. The molecule has 0 saturated carbocycles. The number of carboxylic acid groups (broad SMARTS) is 1. The first-order chi connectivity index (χ1) is 15.5. The number of benzene rings is 2. The summed E-state index contributed by atoms with van der Waals surface area (Å²) in [6.45, 7) is 7.05. The third kappa shape index (κ3) is 5.18. The number of amides is 2. The van der Waals surface area contributed by atoms with Gasteiger partial charge >= 0.3 is 12.1 Å². The Balaban J connectivity index is 1.44. The van der Waals surface area contributed by atoms with Gasteiger partial charge in [-0.3, -0.25) is 9.59 Å². The molecule has 0 heterocycles. The van der Waals surface area contributed by atoms with Gasteiger partial charge in [-0.15, -0.1) is 0 Å². The van der Waals surface area contributed by atoms with Crippen molar-refractivity contribution in [3.05, 3.63) is 59.7 Å². The van der Waals surface area contributed by atoms with Gasteiger partial charge in [-0.1, -0.05) is 48.5 Å². The molecule has 0 radical (unpaired) electrons. The van der Waals surface area contributed by atoms with Crippen molar-refractivity contribution in [2.45, 2.75) is 52.0 Å². The van der Waals surface area contributed by atoms with E-state index in [0.29, 0.717) is 6.42 Å². The van der Waals surface area contributed by atoms with Crippen LogP contribution in [0.5, 0.6) is 0 Å². The molecule has 0 bridgehead atoms. The number of carboxylic acids is 1. The van der Waals surface area contributed by atoms with Gasteiger partial charge in [-0.2, -0.15) is 0 Å². The van der Waals surface area contributed by atoms with Crippen molar-refractivity contribution >= 4 is 18.0 Å². The van der Waals surface area contributed by atoms with E-state index in [1.165, 1.54) is 11.1 Å². The predicted molar refractivity (Wildman–Crippen MR) is 126 cm³/mol. The Labute approximate surface area is 194 Å². The van der Waals surface area contributed by atoms with Crippen LogP contribution in [0.3, 0.4) is 0 Å². The average Bonchev–Trinajstić information content (AvgIpc) is 3.08. The molecule has 2 amide bonds. The van der Waals surface area contributed by atoms with Crippen LogP contribution in [0, 0.1) is 5.41 Å². The molecule has 176 valence electrons. The van der Waals surface area contributed by atoms with E-state index in [-0.39, 0.29) is 31.4 Å². The van der Waals surface area contributed by atoms with Crippen molar-refractivity contribution in [3.63, 3.8) is 0 Å². The molecule has 1 aliphatic carbocycles. The topological polar surface area (TPSA) is 105 Å². The summed E-state index contributed by atoms with van der Waals surface area (Å²) in [6, 6.07) is 16.3. The van der Waals surface area contributed by atoms with Crippen molar-refractivity contribution in [2.75, 3.05) is 13.2 Å². The van der Waals surface area contributed by atoms with E-state index in [1.54, 1.807) is 27.7 Å². The lowest BCUT2D eigenvalue weighted by Crippen LogP contribution is -2.57. The van der Waals surface area contributed by atoms with Gasteiger partial charge in [-0.25, -0.2) is 4.79 Å². The summed E-state index contributed by atoms with van der Waals surface area (Å²) in [6.07, 6.45) is 0.0622. The molecule has 2 aromatic carbocycles. The van der Waals surface area contributed by atoms with E-state index in [9.17, 15) is 19.5 Å². The zero-order chi connectivity index (χ0) is 24.2. The highest BCUT2D eigenvalue weighted by Crippen LogP contribution is 2.44. The van der Waals surface area contributed by atoms with Crippen LogP contribution in [0.4, 0.5) is 4.79 Å². The van der Waals surface area contributed by atoms with Gasteiger partial charge in [0.25, 0.3) is 0 Å². The number of hydrogen-bond acceptors (Lipinski definition) is 4. The minimum atomic E-state index is -1.12. The van der Waals surface area contributed by atoms with Crippen molar-refractivity contribution in [2.24, 2.45) is 5.41 Å². The Hall–Kier alpha value is -3.35. The van der Waals surface area contributed by atoms with Crippen LogP contribution in [0.15, 0.2) is 48.5 Å². The fraction of sp³-hybridized carbons (Fsp3) is 0.423. The van der Waals surface area contributed by atoms with Gasteiger partial charge in [0.15, 0.2) is 0 Å². The number of nitrogens with one attached hydrogen (secondary N) is 2. The molecule has 3 rings (SSSR count). The molecule has 7 nitrogen and oxygen atoms in total. The number of carbonyl (C=O) groups is 3. The molecule has 3 N–H and O–H groups in total. The fourth-order valence-electron chi connectivity index (χ4n) is 3.92. The number of fused-ring (bicyclic) bond motifs is 3. The average molecular weight is 453 g/mol. The summed E-state index contributed by atoms with van der Waals surface area (Å²) < 4.78 is 5.48. The van der Waals surface area contributed by atoms with E-state index in [0.717, 1.165) is 11.1 Å². The maximum atomic E-state index is 12.3. The third-order valence-corrected chi connectivity index (χ3v) is 6.74. The first-order valence-electron chi connectivity index (χ1n) is 11.2. The number of hydrogen-bond donors (Lipinski definition) is 3. The third-order valence-electron chi connectivity index (χ3n) is 6.74. The van der Waals surface area contributed by atoms with Crippen molar-refractivity contribution in [1.82, 2.24) is 10.6 Å². The van der Waals surface area contributed by atoms with E-state index in [4.69, 9.17) is 4.74 Å². The second-order valence-electron chi connectivity index (χ2n) is 9.46. The Kier molecular flexibility index (Phi) is 7.10. The standard InChI is InChI=1S/C26H32N2O5/c1-25(2,23(30)31)26(3,4)28-22(29)14-9-15-27-24(32)33-16-21-19-12-7-5-10-17(19)18-11-6-8-13-20(18)21/h5-8,10-13,21H,9,14-16H2,1-4H3,(H,27,32)(H,28,29)(H,30,31). The van der Waals surface area contributed by atoms with Crippen LogP contribution >= 0.6 is 0 Å². The van der Waals surface area contributed by atoms with Crippen LogP contribution in [0.2, 0.25) is 0 Å². The number of alkyl carbamates (subject to hydrolysis) is 1. The molecule has 0 unspecified atom stereocenters. The molecule has 0 aromatic heterocycles. The summed E-state index contributed by atoms with van der Waals surface area (Å²) in [5, 5.41) is 14.9. The van der Waals surface area contributed by atoms with Gasteiger partial charge in [0.1, 0.15) is 6.61 Å². The number of carbonyl (C=O) groups excluding carboxylic acids is 2. The summed E-state index contributed by atoms with van der Waals surface area (Å²) in [5.41, 5.74) is 2.59. The smallest absolute Gasteiger partial charge is 0.407 e. The molecule has 0 atom stereocenters. The Morgan fingerprint density at radius 2 is 1.48 bits per heavy atom. The van der Waals surface area contributed by atoms with Crippen LogP contribution < -0.4 is 10.6 Å². The van der Waals surface area contributed by atoms with Gasteiger partial charge in [0.05, 0.1) is 5.41 Å². The molecule has 0 fully saturated rings. The first kappa shape index (κ1) is 24.3. The van der Waals surface area contributed by atoms with E-state index in [1.807, 2.05) is 24.3 Å². The highest BCUT2D eigenvalue weighted by Gasteiger charge is 2.44. The lowest BCUT2D eigenvalue weighted by Gasteiger charge is -2.38. The summed E-state index contributed by atoms with van der Waals surface area (Å²) in [4.78, 5) is 35.9. The van der Waals surface area contributed by atoms with Crippen LogP contribution in [-0.4, -0.2) is 41.8 Å². The van der Waals surface area contributed by atoms with Crippen molar-refractivity contribution in [3.8, 4) is 11.1 Å². The molecular formula is C26H32N2O5. The molecule has 0 aliphatic heterocycles. The van der Waals surface area contributed by atoms with Gasteiger partial charge in [0, 0.05) is 24.4 Å². The normalized spacial score (nSPS) is 13.1. The Bertz CT molecular complexity index is 999. The minimum absolute atomic E-state index is 0.00579. The van der Waals surface area contributed by atoms with Crippen molar-refractivity contribution in [1.29, 1.82) is 0 Å². The van der Waals surface area contributed by atoms with E-state index < -0.39 is 23.0 Å². The van der Waals surface area contributed by atoms with Gasteiger partial charge in [-0.05, 0) is 56.4 Å². The first-order valence-corrected chi connectivity index (χ1v) is 11.2. The SMILES string of the molecule is CC(C)(NC(=O)CCCNC(=O)OCC1c2ccccc2-c2ccccc21)C(C)(C)C(=O)O. The lowest BCUT2D eigenvalue weighted by atomic mass is 9.74. The molecule has 7 heteroatoms. The quantitative estimate of drug-likeness (QED) is 0.492. The predicted octanol–water partition coefficient (Wildman–Crippen LogP) is 4.31. The second kappa shape index (κ2) is 9.65. The number of rotatable bonds is 9. The molecular weight excluding hydrogens is 420 g/mol. The van der Waals surface area contributed by atoms with Crippen LogP contribution in [0.1, 0.15) is 57.6 Å². The molecule has 33 heavy (non-hydrogen) atoms. The van der Waals surface area contributed by atoms with E-state index in [2.05, 4.69) is 34.9 Å². The zero-order valence-corrected chi connectivity index (χ0v) is 19.6. The van der Waals surface area contributed by atoms with Gasteiger partial charge < -0.3 is 20.5 Å². The van der Waals surface area contributed by atoms with Crippen LogP contribution in [-0.2, 0) is 14.3 Å². The molecule has 1 aliphatic rings. The zero-order valence-electron chi connectivity index (χ0n) is 19.6. The largest absolute Gasteiger partial charge is 0.481 e. The minimum Gasteiger partial charge on any atom is -0.481 e. The second-order valence-corrected chi connectivity index (χ2v) is 9.46. The number of aliphatic carboxylic acids is 1. The highest BCUT2D eigenvalue weighted by atomic mass is 16.5. The summed E-state index contributed by atoms with van der Waals surface area (Å²) >= 11 is 0. The summed E-state index contributed by atoms with van der Waals surface area (Å²) in [7, 11) is 0. The molecule has 2 aromatic rings. The maximum Gasteiger partial charge on any atom is 0.407 e. The number of ether oxygens (including phenoxy) is 1. The van der Waals surface area contributed by atoms with Gasteiger partial charge in [0.2, 0.25) is 5.91 Å². The monoisotopic (exact) mass is 452 g/mol. The van der Waals surface area contributed by atoms with Crippen molar-refractivity contribution < 1.29 is 24.2 Å². The maximum absolute atomic E-state index is 12.3. The fourth-order valence-corrected chi connectivity index (χ4v) is 3.92. The summed E-state index contributed by atoms with van der Waals surface area (Å²) in [5.74, 6) is -1.25. The highest BCUT2D eigenvalue weighted by molar-refractivity contribution is 5.81. The molecule has 0 spiro atoms. The Morgan fingerprint density at radius 3 is 2.03 bits per heavy atom.